The third-order valence-corrected chi connectivity index (χ3v) is 2.91. The first kappa shape index (κ1) is 14.5. The number of hydrogen-bond acceptors (Lipinski definition) is 3. The van der Waals surface area contributed by atoms with Gasteiger partial charge in [-0.3, -0.25) is 4.79 Å². The van der Waals surface area contributed by atoms with Crippen molar-refractivity contribution in [3.8, 4) is 0 Å². The average molecular weight is 282 g/mol. The quantitative estimate of drug-likeness (QED) is 0.668. The molecule has 0 radical (unpaired) electrons. The SMILES string of the molecule is C/C(=N\NC(=O)c1ccccc1)c1ccccc1C(=O)O. The molecule has 5 heteroatoms. The number of nitrogens with zero attached hydrogens (tertiary/aromatic N) is 1. The second-order valence-corrected chi connectivity index (χ2v) is 4.35. The highest BCUT2D eigenvalue weighted by Crippen LogP contribution is 2.10. The van der Waals surface area contributed by atoms with E-state index in [0.29, 0.717) is 16.8 Å². The summed E-state index contributed by atoms with van der Waals surface area (Å²) in [7, 11) is 0. The maximum atomic E-state index is 11.9. The maximum absolute atomic E-state index is 11.9. The zero-order valence-corrected chi connectivity index (χ0v) is 11.4. The van der Waals surface area contributed by atoms with Crippen LogP contribution in [0.4, 0.5) is 0 Å². The molecule has 0 atom stereocenters. The Kier molecular flexibility index (Phi) is 4.46. The third kappa shape index (κ3) is 3.54. The molecule has 2 aromatic carbocycles. The Morgan fingerprint density at radius 3 is 2.14 bits per heavy atom. The van der Waals surface area contributed by atoms with Crippen molar-refractivity contribution in [2.45, 2.75) is 6.92 Å². The molecule has 0 aromatic heterocycles. The highest BCUT2D eigenvalue weighted by Gasteiger charge is 2.11. The van der Waals surface area contributed by atoms with Crippen molar-refractivity contribution in [1.29, 1.82) is 0 Å². The van der Waals surface area contributed by atoms with Crippen LogP contribution in [0.5, 0.6) is 0 Å². The zero-order valence-electron chi connectivity index (χ0n) is 11.4. The molecule has 2 rings (SSSR count). The standard InChI is InChI=1S/C16H14N2O3/c1-11(13-9-5-6-10-14(13)16(20)21)17-18-15(19)12-7-3-2-4-8-12/h2-10H,1H3,(H,18,19)(H,20,21)/b17-11+. The molecule has 0 aliphatic carbocycles. The normalized spacial score (nSPS) is 11.0. The summed E-state index contributed by atoms with van der Waals surface area (Å²) < 4.78 is 0. The summed E-state index contributed by atoms with van der Waals surface area (Å²) in [5, 5.41) is 13.1. The molecule has 0 spiro atoms. The fourth-order valence-corrected chi connectivity index (χ4v) is 1.83. The van der Waals surface area contributed by atoms with Crippen molar-refractivity contribution in [1.82, 2.24) is 5.43 Å². The Morgan fingerprint density at radius 2 is 1.52 bits per heavy atom. The van der Waals surface area contributed by atoms with Crippen molar-refractivity contribution >= 4 is 17.6 Å². The van der Waals surface area contributed by atoms with Gasteiger partial charge in [-0.2, -0.15) is 5.10 Å². The molecule has 1 amide bonds. The van der Waals surface area contributed by atoms with Crippen LogP contribution in [-0.4, -0.2) is 22.7 Å². The first-order valence-corrected chi connectivity index (χ1v) is 6.32. The lowest BCUT2D eigenvalue weighted by Crippen LogP contribution is -2.20. The lowest BCUT2D eigenvalue weighted by atomic mass is 10.0. The average Bonchev–Trinajstić information content (AvgIpc) is 2.53. The lowest BCUT2D eigenvalue weighted by molar-refractivity contribution is 0.0696. The molecule has 0 saturated heterocycles. The predicted molar refractivity (Wildman–Crippen MR) is 79.5 cm³/mol. The Hall–Kier alpha value is -2.95. The van der Waals surface area contributed by atoms with Crippen LogP contribution in [-0.2, 0) is 0 Å². The second-order valence-electron chi connectivity index (χ2n) is 4.35. The number of carbonyl (C=O) groups is 2. The van der Waals surface area contributed by atoms with Crippen molar-refractivity contribution in [2.75, 3.05) is 0 Å². The van der Waals surface area contributed by atoms with E-state index in [1.165, 1.54) is 6.07 Å². The summed E-state index contributed by atoms with van der Waals surface area (Å²) in [5.41, 5.74) is 3.95. The van der Waals surface area contributed by atoms with E-state index < -0.39 is 5.97 Å². The van der Waals surface area contributed by atoms with Crippen molar-refractivity contribution in [2.24, 2.45) is 5.10 Å². The van der Waals surface area contributed by atoms with E-state index in [0.717, 1.165) is 0 Å². The van der Waals surface area contributed by atoms with Crippen LogP contribution in [0.2, 0.25) is 0 Å². The van der Waals surface area contributed by atoms with E-state index in [9.17, 15) is 9.59 Å². The van der Waals surface area contributed by atoms with E-state index in [2.05, 4.69) is 10.5 Å². The molecule has 0 heterocycles. The molecular weight excluding hydrogens is 268 g/mol. The van der Waals surface area contributed by atoms with Gasteiger partial charge in [-0.15, -0.1) is 0 Å². The van der Waals surface area contributed by atoms with Gasteiger partial charge in [0.05, 0.1) is 11.3 Å². The van der Waals surface area contributed by atoms with Crippen LogP contribution in [0.1, 0.15) is 33.2 Å². The van der Waals surface area contributed by atoms with Gasteiger partial charge in [-0.1, -0.05) is 36.4 Å². The Morgan fingerprint density at radius 1 is 0.952 bits per heavy atom. The monoisotopic (exact) mass is 282 g/mol. The largest absolute Gasteiger partial charge is 0.478 e. The summed E-state index contributed by atoms with van der Waals surface area (Å²) in [4.78, 5) is 23.0. The van der Waals surface area contributed by atoms with E-state index in [-0.39, 0.29) is 11.5 Å². The fraction of sp³-hybridized carbons (Fsp3) is 0.0625. The number of carbonyl (C=O) groups excluding carboxylic acids is 1. The first-order valence-electron chi connectivity index (χ1n) is 6.32. The maximum Gasteiger partial charge on any atom is 0.336 e. The van der Waals surface area contributed by atoms with Crippen LogP contribution < -0.4 is 5.43 Å². The van der Waals surface area contributed by atoms with Gasteiger partial charge in [0.15, 0.2) is 0 Å². The van der Waals surface area contributed by atoms with Crippen LogP contribution in [0.15, 0.2) is 59.7 Å². The van der Waals surface area contributed by atoms with Crippen molar-refractivity contribution in [3.63, 3.8) is 0 Å². The minimum Gasteiger partial charge on any atom is -0.478 e. The second kappa shape index (κ2) is 6.47. The van der Waals surface area contributed by atoms with Gasteiger partial charge in [0.25, 0.3) is 5.91 Å². The summed E-state index contributed by atoms with van der Waals surface area (Å²) >= 11 is 0. The number of hydrogen-bond donors (Lipinski definition) is 2. The molecule has 0 bridgehead atoms. The summed E-state index contributed by atoms with van der Waals surface area (Å²) in [5.74, 6) is -1.38. The van der Waals surface area contributed by atoms with Gasteiger partial charge >= 0.3 is 5.97 Å². The number of rotatable bonds is 4. The third-order valence-electron chi connectivity index (χ3n) is 2.91. The molecule has 21 heavy (non-hydrogen) atoms. The number of carboxylic acids is 1. The molecule has 0 aliphatic rings. The zero-order chi connectivity index (χ0) is 15.2. The molecule has 5 nitrogen and oxygen atoms in total. The lowest BCUT2D eigenvalue weighted by Gasteiger charge is -2.06. The molecule has 2 aromatic rings. The van der Waals surface area contributed by atoms with Crippen LogP contribution in [0.3, 0.4) is 0 Å². The van der Waals surface area contributed by atoms with Gasteiger partial charge in [-0.25, -0.2) is 10.2 Å². The molecule has 0 fully saturated rings. The Balaban J connectivity index is 2.19. The summed E-state index contributed by atoms with van der Waals surface area (Å²) in [6.07, 6.45) is 0. The highest BCUT2D eigenvalue weighted by molar-refractivity contribution is 6.08. The van der Waals surface area contributed by atoms with Gasteiger partial charge in [0.1, 0.15) is 0 Å². The molecular formula is C16H14N2O3. The molecule has 2 N–H and O–H groups in total. The van der Waals surface area contributed by atoms with E-state index in [1.54, 1.807) is 49.4 Å². The number of benzene rings is 2. The topological polar surface area (TPSA) is 78.8 Å². The van der Waals surface area contributed by atoms with Gasteiger partial charge in [0.2, 0.25) is 0 Å². The number of aromatic carboxylic acids is 1. The minimum atomic E-state index is -1.03. The molecule has 106 valence electrons. The summed E-state index contributed by atoms with van der Waals surface area (Å²) in [6, 6.07) is 15.2. The van der Waals surface area contributed by atoms with Crippen LogP contribution in [0.25, 0.3) is 0 Å². The molecule has 0 unspecified atom stereocenters. The highest BCUT2D eigenvalue weighted by atomic mass is 16.4. The predicted octanol–water partition coefficient (Wildman–Crippen LogP) is 2.54. The Labute approximate surface area is 121 Å². The van der Waals surface area contributed by atoms with Gasteiger partial charge in [0, 0.05) is 11.1 Å². The number of hydrazone groups is 1. The fourth-order valence-electron chi connectivity index (χ4n) is 1.83. The molecule has 0 aliphatic heterocycles. The van der Waals surface area contributed by atoms with Crippen molar-refractivity contribution < 1.29 is 14.7 Å². The van der Waals surface area contributed by atoms with E-state index in [1.807, 2.05) is 6.07 Å². The van der Waals surface area contributed by atoms with Crippen molar-refractivity contribution in [3.05, 3.63) is 71.3 Å². The van der Waals surface area contributed by atoms with E-state index in [4.69, 9.17) is 5.11 Å². The van der Waals surface area contributed by atoms with Gasteiger partial charge < -0.3 is 5.11 Å². The van der Waals surface area contributed by atoms with Gasteiger partial charge in [-0.05, 0) is 25.1 Å². The Bertz CT molecular complexity index is 694. The first-order chi connectivity index (χ1) is 10.1. The smallest absolute Gasteiger partial charge is 0.336 e. The number of carboxylic acid groups (broad SMARTS) is 1. The van der Waals surface area contributed by atoms with Crippen LogP contribution >= 0.6 is 0 Å². The van der Waals surface area contributed by atoms with E-state index >= 15 is 0 Å². The minimum absolute atomic E-state index is 0.146. The number of nitrogens with one attached hydrogen (secondary N) is 1. The number of amides is 1. The summed E-state index contributed by atoms with van der Waals surface area (Å²) in [6.45, 7) is 1.65. The van der Waals surface area contributed by atoms with Crippen LogP contribution in [0, 0.1) is 0 Å². The molecule has 0 saturated carbocycles.